The number of nitrogens with one attached hydrogen (secondary N) is 1. The van der Waals surface area contributed by atoms with Crippen LogP contribution in [0, 0.1) is 5.82 Å². The van der Waals surface area contributed by atoms with Gasteiger partial charge in [-0.05, 0) is 35.9 Å². The number of halogens is 2. The Morgan fingerprint density at radius 2 is 1.87 bits per heavy atom. The number of aliphatic hydroxyl groups is 1. The Hall–Kier alpha value is -3.30. The van der Waals surface area contributed by atoms with Crippen LogP contribution in [0.25, 0.3) is 16.8 Å². The molecule has 0 saturated heterocycles. The fraction of sp³-hybridized carbons (Fsp3) is 0.136. The Morgan fingerprint density at radius 3 is 2.58 bits per heavy atom. The van der Waals surface area contributed by atoms with Crippen LogP contribution in [-0.2, 0) is 24.5 Å². The molecule has 2 aromatic heterocycles. The van der Waals surface area contributed by atoms with Crippen molar-refractivity contribution in [3.63, 3.8) is 0 Å². The maximum Gasteiger partial charge on any atom is 0.277 e. The van der Waals surface area contributed by atoms with Crippen molar-refractivity contribution in [2.75, 3.05) is 0 Å². The molecule has 0 aliphatic rings. The van der Waals surface area contributed by atoms with Gasteiger partial charge in [-0.25, -0.2) is 8.91 Å². The topological polar surface area (TPSA) is 88.6 Å². The first-order chi connectivity index (χ1) is 15.0. The highest BCUT2D eigenvalue weighted by Crippen LogP contribution is 2.25. The highest BCUT2D eigenvalue weighted by atomic mass is 79.9. The van der Waals surface area contributed by atoms with Crippen molar-refractivity contribution in [2.24, 2.45) is 0 Å². The Balaban J connectivity index is 1.61. The van der Waals surface area contributed by atoms with Crippen molar-refractivity contribution >= 4 is 27.4 Å². The molecular formula is C22H18BrFN4O3. The van der Waals surface area contributed by atoms with Gasteiger partial charge in [0.25, 0.3) is 5.56 Å². The first-order valence-corrected chi connectivity index (χ1v) is 10.2. The van der Waals surface area contributed by atoms with Gasteiger partial charge >= 0.3 is 0 Å². The van der Waals surface area contributed by atoms with Crippen molar-refractivity contribution in [1.82, 2.24) is 19.5 Å². The molecule has 158 valence electrons. The number of aromatic nitrogens is 3. The quantitative estimate of drug-likeness (QED) is 0.440. The minimum absolute atomic E-state index is 0.169. The summed E-state index contributed by atoms with van der Waals surface area (Å²) in [5.41, 5.74) is 1.91. The first kappa shape index (κ1) is 21.0. The summed E-state index contributed by atoms with van der Waals surface area (Å²) in [7, 11) is 0. The Bertz CT molecular complexity index is 1310. The van der Waals surface area contributed by atoms with Crippen molar-refractivity contribution in [1.29, 1.82) is 0 Å². The predicted molar refractivity (Wildman–Crippen MR) is 117 cm³/mol. The van der Waals surface area contributed by atoms with E-state index in [1.807, 2.05) is 24.3 Å². The number of benzene rings is 2. The van der Waals surface area contributed by atoms with E-state index in [0.717, 1.165) is 10.0 Å². The molecular weight excluding hydrogens is 467 g/mol. The average Bonchev–Trinajstić information content (AvgIpc) is 3.15. The van der Waals surface area contributed by atoms with E-state index in [0.29, 0.717) is 23.4 Å². The van der Waals surface area contributed by atoms with E-state index in [9.17, 15) is 19.1 Å². The van der Waals surface area contributed by atoms with Gasteiger partial charge in [0.2, 0.25) is 5.91 Å². The van der Waals surface area contributed by atoms with Crippen molar-refractivity contribution in [3.05, 3.63) is 92.7 Å². The average molecular weight is 485 g/mol. The van der Waals surface area contributed by atoms with Gasteiger partial charge in [-0.3, -0.25) is 9.59 Å². The number of fused-ring (bicyclic) bond motifs is 1. The molecule has 0 spiro atoms. The van der Waals surface area contributed by atoms with E-state index in [4.69, 9.17) is 0 Å². The van der Waals surface area contributed by atoms with Crippen LogP contribution in [-0.4, -0.2) is 25.2 Å². The maximum absolute atomic E-state index is 13.3. The van der Waals surface area contributed by atoms with Gasteiger partial charge in [-0.1, -0.05) is 34.1 Å². The fourth-order valence-corrected chi connectivity index (χ4v) is 3.74. The molecule has 7 nitrogen and oxygen atoms in total. The molecule has 9 heteroatoms. The first-order valence-electron chi connectivity index (χ1n) is 9.45. The van der Waals surface area contributed by atoms with Crippen LogP contribution in [0.15, 0.2) is 70.2 Å². The molecule has 0 saturated carbocycles. The monoisotopic (exact) mass is 484 g/mol. The second kappa shape index (κ2) is 8.83. The molecule has 0 fully saturated rings. The van der Waals surface area contributed by atoms with E-state index in [1.165, 1.54) is 39.5 Å². The fourth-order valence-electron chi connectivity index (χ4n) is 3.31. The summed E-state index contributed by atoms with van der Waals surface area (Å²) in [6, 6.07) is 13.2. The lowest BCUT2D eigenvalue weighted by Gasteiger charge is -2.09. The number of amides is 1. The molecule has 0 radical (unpaired) electrons. The Kier molecular flexibility index (Phi) is 5.97. The number of carbonyl (C=O) groups excluding carboxylic acids is 1. The van der Waals surface area contributed by atoms with Crippen LogP contribution in [0.1, 0.15) is 11.1 Å². The van der Waals surface area contributed by atoms with Crippen molar-refractivity contribution in [2.45, 2.75) is 19.7 Å². The normalized spacial score (nSPS) is 11.1. The molecule has 4 rings (SSSR count). The van der Waals surface area contributed by atoms with Crippen LogP contribution in [0.3, 0.4) is 0 Å². The smallest absolute Gasteiger partial charge is 0.277 e. The molecule has 0 aliphatic carbocycles. The zero-order valence-electron chi connectivity index (χ0n) is 16.3. The molecule has 0 aliphatic heterocycles. The molecule has 4 aromatic rings. The number of nitrogens with zero attached hydrogens (tertiary/aromatic N) is 3. The molecule has 1 amide bonds. The van der Waals surface area contributed by atoms with Crippen LogP contribution < -0.4 is 10.9 Å². The van der Waals surface area contributed by atoms with Gasteiger partial charge in [-0.15, -0.1) is 0 Å². The summed E-state index contributed by atoms with van der Waals surface area (Å²) in [5, 5.41) is 17.1. The van der Waals surface area contributed by atoms with Crippen LogP contribution in [0.2, 0.25) is 0 Å². The molecule has 2 heterocycles. The highest BCUT2D eigenvalue weighted by Gasteiger charge is 2.18. The van der Waals surface area contributed by atoms with Crippen LogP contribution in [0.5, 0.6) is 0 Å². The standard InChI is InChI=1S/C22H18BrFN4O3/c23-18-4-2-1-3-15(18)11-25-19(30)12-27-9-10-28-21(22(27)31)17(13-29)20(26-28)14-5-7-16(24)8-6-14/h1-10,29H,11-13H2,(H,25,30). The van der Waals surface area contributed by atoms with E-state index in [2.05, 4.69) is 26.3 Å². The lowest BCUT2D eigenvalue weighted by Crippen LogP contribution is -2.32. The molecule has 31 heavy (non-hydrogen) atoms. The molecule has 2 aromatic carbocycles. The van der Waals surface area contributed by atoms with Gasteiger partial charge in [0.1, 0.15) is 17.9 Å². The molecule has 0 unspecified atom stereocenters. The molecule has 0 atom stereocenters. The third kappa shape index (κ3) is 4.28. The summed E-state index contributed by atoms with van der Waals surface area (Å²) in [6.07, 6.45) is 3.01. The van der Waals surface area contributed by atoms with E-state index in [1.54, 1.807) is 6.20 Å². The number of rotatable bonds is 6. The zero-order valence-corrected chi connectivity index (χ0v) is 17.8. The SMILES string of the molecule is O=C(Cn1ccn2nc(-c3ccc(F)cc3)c(CO)c2c1=O)NCc1ccccc1Br. The van der Waals surface area contributed by atoms with E-state index in [-0.39, 0.29) is 18.0 Å². The number of hydrogen-bond acceptors (Lipinski definition) is 4. The lowest BCUT2D eigenvalue weighted by molar-refractivity contribution is -0.121. The summed E-state index contributed by atoms with van der Waals surface area (Å²) in [5.74, 6) is -0.722. The van der Waals surface area contributed by atoms with Gasteiger partial charge in [0, 0.05) is 34.5 Å². The highest BCUT2D eigenvalue weighted by molar-refractivity contribution is 9.10. The largest absolute Gasteiger partial charge is 0.392 e. The maximum atomic E-state index is 13.3. The van der Waals surface area contributed by atoms with Gasteiger partial charge in [0.15, 0.2) is 0 Å². The second-order valence-corrected chi connectivity index (χ2v) is 7.74. The number of carbonyl (C=O) groups is 1. The summed E-state index contributed by atoms with van der Waals surface area (Å²) in [6.45, 7) is -0.286. The zero-order chi connectivity index (χ0) is 22.0. The van der Waals surface area contributed by atoms with Crippen LogP contribution in [0.4, 0.5) is 4.39 Å². The van der Waals surface area contributed by atoms with Crippen molar-refractivity contribution in [3.8, 4) is 11.3 Å². The number of aliphatic hydroxyl groups excluding tert-OH is 1. The second-order valence-electron chi connectivity index (χ2n) is 6.88. The van der Waals surface area contributed by atoms with Crippen molar-refractivity contribution < 1.29 is 14.3 Å². The Labute approximate surface area is 184 Å². The third-order valence-electron chi connectivity index (χ3n) is 4.88. The summed E-state index contributed by atoms with van der Waals surface area (Å²) in [4.78, 5) is 25.4. The van der Waals surface area contributed by atoms with E-state index >= 15 is 0 Å². The summed E-state index contributed by atoms with van der Waals surface area (Å²) < 4.78 is 16.8. The van der Waals surface area contributed by atoms with Gasteiger partial charge in [-0.2, -0.15) is 5.10 Å². The molecule has 2 N–H and O–H groups in total. The third-order valence-corrected chi connectivity index (χ3v) is 5.66. The lowest BCUT2D eigenvalue weighted by atomic mass is 10.1. The predicted octanol–water partition coefficient (Wildman–Crippen LogP) is 2.87. The minimum Gasteiger partial charge on any atom is -0.392 e. The molecule has 0 bridgehead atoms. The van der Waals surface area contributed by atoms with Crippen LogP contribution >= 0.6 is 15.9 Å². The minimum atomic E-state index is -0.455. The van der Waals surface area contributed by atoms with Gasteiger partial charge < -0.3 is 15.0 Å². The summed E-state index contributed by atoms with van der Waals surface area (Å²) >= 11 is 3.43. The Morgan fingerprint density at radius 1 is 1.13 bits per heavy atom. The van der Waals surface area contributed by atoms with Gasteiger partial charge in [0.05, 0.1) is 12.3 Å². The van der Waals surface area contributed by atoms with E-state index < -0.39 is 18.0 Å². The number of hydrogen-bond donors (Lipinski definition) is 2.